The van der Waals surface area contributed by atoms with Gasteiger partial charge in [-0.1, -0.05) is 48.5 Å². The molecule has 36 heavy (non-hydrogen) atoms. The molecular formula is C29H28N4O3. The van der Waals surface area contributed by atoms with Crippen molar-refractivity contribution in [2.24, 2.45) is 0 Å². The first-order valence-corrected chi connectivity index (χ1v) is 12.3. The number of benzene rings is 3. The summed E-state index contributed by atoms with van der Waals surface area (Å²) in [5, 5.41) is 12.4. The van der Waals surface area contributed by atoms with E-state index in [-0.39, 0.29) is 24.9 Å². The molecule has 0 radical (unpaired) electrons. The Balaban J connectivity index is 1.34. The molecule has 7 nitrogen and oxygen atoms in total. The molecule has 5 rings (SSSR count). The summed E-state index contributed by atoms with van der Waals surface area (Å²) in [4.78, 5) is 28.0. The fourth-order valence-electron chi connectivity index (χ4n) is 4.86. The molecule has 2 heterocycles. The lowest BCUT2D eigenvalue weighted by Crippen LogP contribution is -2.37. The lowest BCUT2D eigenvalue weighted by atomic mass is 10.1. The average Bonchev–Trinajstić information content (AvgIpc) is 3.52. The molecule has 1 aliphatic rings. The monoisotopic (exact) mass is 480 g/mol. The zero-order valence-corrected chi connectivity index (χ0v) is 20.0. The van der Waals surface area contributed by atoms with E-state index in [0.29, 0.717) is 16.7 Å². The van der Waals surface area contributed by atoms with Crippen LogP contribution in [-0.2, 0) is 17.8 Å². The summed E-state index contributed by atoms with van der Waals surface area (Å²) >= 11 is 0. The van der Waals surface area contributed by atoms with Crippen LogP contribution in [0.2, 0.25) is 0 Å². The number of carbonyl (C=O) groups is 1. The first-order valence-electron chi connectivity index (χ1n) is 12.3. The first-order chi connectivity index (χ1) is 17.6. The number of nitriles is 1. The Kier molecular flexibility index (Phi) is 6.96. The summed E-state index contributed by atoms with van der Waals surface area (Å²) in [6, 6.07) is 24.7. The zero-order valence-electron chi connectivity index (χ0n) is 20.0. The van der Waals surface area contributed by atoms with Crippen LogP contribution < -0.4 is 11.1 Å². The number of rotatable bonds is 8. The Labute approximate surface area is 209 Å². The lowest BCUT2D eigenvalue weighted by Gasteiger charge is -2.25. The molecule has 0 unspecified atom stereocenters. The molecule has 1 amide bonds. The fourth-order valence-corrected chi connectivity index (χ4v) is 4.86. The highest BCUT2D eigenvalue weighted by molar-refractivity contribution is 5.81. The van der Waals surface area contributed by atoms with E-state index in [4.69, 9.17) is 4.42 Å². The SMILES string of the molecule is N#Cc1cccc(Cn2c(=O)oc3ccc(CC(=O)N[C@H](CN4CCCC4)c4ccccc4)cc32)c1. The summed E-state index contributed by atoms with van der Waals surface area (Å²) in [5.74, 6) is -0.537. The van der Waals surface area contributed by atoms with Crippen LogP contribution in [0.25, 0.3) is 11.1 Å². The van der Waals surface area contributed by atoms with Crippen LogP contribution in [0.1, 0.15) is 41.1 Å². The standard InChI is InChI=1S/C29H28N4O3/c30-18-22-7-6-8-23(15-22)19-33-26-16-21(11-12-27(26)36-29(33)35)17-28(34)31-25(20-32-13-4-5-14-32)24-9-2-1-3-10-24/h1-3,6-12,15-16,25H,4-5,13-14,17,19-20H2,(H,31,34)/t25-/m1/s1. The van der Waals surface area contributed by atoms with E-state index < -0.39 is 5.76 Å². The Bertz CT molecular complexity index is 1460. The number of hydrogen-bond donors (Lipinski definition) is 1. The first kappa shape index (κ1) is 23.6. The average molecular weight is 481 g/mol. The maximum absolute atomic E-state index is 13.1. The van der Waals surface area contributed by atoms with Gasteiger partial charge in [0.25, 0.3) is 0 Å². The van der Waals surface area contributed by atoms with Gasteiger partial charge < -0.3 is 14.6 Å². The van der Waals surface area contributed by atoms with Crippen LogP contribution in [0, 0.1) is 11.3 Å². The largest absolute Gasteiger partial charge is 0.420 e. The van der Waals surface area contributed by atoms with Crippen LogP contribution >= 0.6 is 0 Å². The van der Waals surface area contributed by atoms with E-state index in [1.165, 1.54) is 17.4 Å². The molecule has 1 aromatic heterocycles. The highest BCUT2D eigenvalue weighted by Crippen LogP contribution is 2.20. The normalized spacial score (nSPS) is 14.5. The summed E-state index contributed by atoms with van der Waals surface area (Å²) < 4.78 is 6.96. The van der Waals surface area contributed by atoms with Crippen molar-refractivity contribution in [2.45, 2.75) is 31.8 Å². The van der Waals surface area contributed by atoms with Crippen LogP contribution in [0.5, 0.6) is 0 Å². The summed E-state index contributed by atoms with van der Waals surface area (Å²) in [6.45, 7) is 3.19. The summed E-state index contributed by atoms with van der Waals surface area (Å²) in [6.07, 6.45) is 2.59. The van der Waals surface area contributed by atoms with Gasteiger partial charge in [0.1, 0.15) is 0 Å². The van der Waals surface area contributed by atoms with Crippen molar-refractivity contribution in [2.75, 3.05) is 19.6 Å². The number of likely N-dealkylation sites (tertiary alicyclic amines) is 1. The molecule has 1 atom stereocenters. The smallest absolute Gasteiger partial charge is 0.408 e. The Morgan fingerprint density at radius 1 is 1.00 bits per heavy atom. The van der Waals surface area contributed by atoms with Gasteiger partial charge in [-0.25, -0.2) is 4.79 Å². The topological polar surface area (TPSA) is 91.3 Å². The number of amides is 1. The van der Waals surface area contributed by atoms with Crippen LogP contribution in [0.4, 0.5) is 0 Å². The van der Waals surface area contributed by atoms with Gasteiger partial charge in [-0.2, -0.15) is 5.26 Å². The van der Waals surface area contributed by atoms with Gasteiger partial charge in [-0.3, -0.25) is 9.36 Å². The van der Waals surface area contributed by atoms with Crippen molar-refractivity contribution >= 4 is 17.0 Å². The lowest BCUT2D eigenvalue weighted by molar-refractivity contribution is -0.121. The zero-order chi connectivity index (χ0) is 24.9. The van der Waals surface area contributed by atoms with Gasteiger partial charge in [0.05, 0.1) is 36.2 Å². The van der Waals surface area contributed by atoms with Crippen molar-refractivity contribution in [3.63, 3.8) is 0 Å². The predicted molar refractivity (Wildman–Crippen MR) is 137 cm³/mol. The number of oxazole rings is 1. The maximum atomic E-state index is 13.1. The Morgan fingerprint density at radius 2 is 1.81 bits per heavy atom. The Hall–Kier alpha value is -4.15. The molecule has 182 valence electrons. The quantitative estimate of drug-likeness (QED) is 0.412. The molecule has 4 aromatic rings. The number of hydrogen-bond acceptors (Lipinski definition) is 5. The molecule has 0 bridgehead atoms. The minimum absolute atomic E-state index is 0.0680. The third kappa shape index (κ3) is 5.40. The second kappa shape index (κ2) is 10.6. The van der Waals surface area contributed by atoms with Gasteiger partial charge >= 0.3 is 5.76 Å². The molecule has 1 aliphatic heterocycles. The molecule has 3 aromatic carbocycles. The molecule has 1 saturated heterocycles. The molecule has 0 saturated carbocycles. The number of nitrogens with one attached hydrogen (secondary N) is 1. The minimum atomic E-state index is -0.469. The Morgan fingerprint density at radius 3 is 2.58 bits per heavy atom. The highest BCUT2D eigenvalue weighted by Gasteiger charge is 2.21. The summed E-state index contributed by atoms with van der Waals surface area (Å²) in [5.41, 5.74) is 4.35. The van der Waals surface area contributed by atoms with Crippen LogP contribution in [0.15, 0.2) is 82.0 Å². The second-order valence-corrected chi connectivity index (χ2v) is 9.28. The maximum Gasteiger partial charge on any atom is 0.420 e. The summed E-state index contributed by atoms with van der Waals surface area (Å²) in [7, 11) is 0. The van der Waals surface area contributed by atoms with Crippen molar-refractivity contribution in [1.82, 2.24) is 14.8 Å². The van der Waals surface area contributed by atoms with E-state index in [2.05, 4.69) is 28.4 Å². The van der Waals surface area contributed by atoms with E-state index in [1.807, 2.05) is 36.4 Å². The predicted octanol–water partition coefficient (Wildman–Crippen LogP) is 4.01. The molecular weight excluding hydrogens is 452 g/mol. The number of fused-ring (bicyclic) bond motifs is 1. The number of carbonyl (C=O) groups excluding carboxylic acids is 1. The van der Waals surface area contributed by atoms with E-state index in [9.17, 15) is 14.9 Å². The minimum Gasteiger partial charge on any atom is -0.408 e. The third-order valence-electron chi connectivity index (χ3n) is 6.67. The van der Waals surface area contributed by atoms with Gasteiger partial charge in [0.15, 0.2) is 5.58 Å². The van der Waals surface area contributed by atoms with Crippen molar-refractivity contribution in [1.29, 1.82) is 5.26 Å². The molecule has 0 aliphatic carbocycles. The van der Waals surface area contributed by atoms with Gasteiger partial charge in [0.2, 0.25) is 5.91 Å². The van der Waals surface area contributed by atoms with E-state index in [1.54, 1.807) is 24.3 Å². The molecule has 7 heteroatoms. The second-order valence-electron chi connectivity index (χ2n) is 9.28. The van der Waals surface area contributed by atoms with Gasteiger partial charge in [-0.05, 0) is 66.9 Å². The molecule has 1 N–H and O–H groups in total. The van der Waals surface area contributed by atoms with Gasteiger partial charge in [-0.15, -0.1) is 0 Å². The molecule has 1 fully saturated rings. The fraction of sp³-hybridized carbons (Fsp3) is 0.276. The van der Waals surface area contributed by atoms with E-state index >= 15 is 0 Å². The number of nitrogens with zero attached hydrogens (tertiary/aromatic N) is 3. The third-order valence-corrected chi connectivity index (χ3v) is 6.67. The molecule has 0 spiro atoms. The van der Waals surface area contributed by atoms with Crippen molar-refractivity contribution in [3.8, 4) is 6.07 Å². The van der Waals surface area contributed by atoms with Crippen molar-refractivity contribution < 1.29 is 9.21 Å². The highest BCUT2D eigenvalue weighted by atomic mass is 16.4. The van der Waals surface area contributed by atoms with Gasteiger partial charge in [0, 0.05) is 6.54 Å². The number of aromatic nitrogens is 1. The van der Waals surface area contributed by atoms with Crippen LogP contribution in [0.3, 0.4) is 0 Å². The van der Waals surface area contributed by atoms with Crippen LogP contribution in [-0.4, -0.2) is 35.0 Å². The van der Waals surface area contributed by atoms with E-state index in [0.717, 1.165) is 36.3 Å². The van der Waals surface area contributed by atoms with Crippen molar-refractivity contribution in [3.05, 3.63) is 106 Å².